The third-order valence-corrected chi connectivity index (χ3v) is 4.06. The van der Waals surface area contributed by atoms with E-state index in [1.807, 2.05) is 38.1 Å². The number of rotatable bonds is 4. The van der Waals surface area contributed by atoms with Crippen LogP contribution in [0.2, 0.25) is 0 Å². The fourth-order valence-electron chi connectivity index (χ4n) is 1.65. The molecular formula is C13H16N2O2S2. The Morgan fingerprint density at radius 2 is 2.21 bits per heavy atom. The molecule has 1 saturated heterocycles. The molecule has 19 heavy (non-hydrogen) atoms. The fourth-order valence-corrected chi connectivity index (χ4v) is 2.94. The van der Waals surface area contributed by atoms with Gasteiger partial charge in [-0.05, 0) is 33.2 Å². The summed E-state index contributed by atoms with van der Waals surface area (Å²) in [4.78, 5) is 16.5. The minimum absolute atomic E-state index is 0.0362. The molecule has 0 aliphatic carbocycles. The van der Waals surface area contributed by atoms with Crippen molar-refractivity contribution in [2.75, 3.05) is 27.2 Å². The number of carbonyl (C=O) groups excluding carboxylic acids is 1. The third kappa shape index (κ3) is 3.46. The Morgan fingerprint density at radius 1 is 1.47 bits per heavy atom. The van der Waals surface area contributed by atoms with Crippen molar-refractivity contribution in [2.24, 2.45) is 0 Å². The quantitative estimate of drug-likeness (QED) is 0.630. The molecule has 2 rings (SSSR count). The molecule has 1 aromatic rings. The minimum atomic E-state index is -0.0362. The lowest BCUT2D eigenvalue weighted by Gasteiger charge is -2.17. The van der Waals surface area contributed by atoms with Gasteiger partial charge in [0.05, 0.1) is 4.91 Å². The number of hydrogen-bond acceptors (Lipinski definition) is 5. The average Bonchev–Trinajstić information content (AvgIpc) is 2.83. The first-order valence-electron chi connectivity index (χ1n) is 5.94. The predicted octanol–water partition coefficient (Wildman–Crippen LogP) is 2.35. The Hall–Kier alpha value is -1.11. The molecule has 0 bridgehead atoms. The molecule has 6 heteroatoms. The Balaban J connectivity index is 2.11. The molecular weight excluding hydrogens is 280 g/mol. The van der Waals surface area contributed by atoms with Crippen molar-refractivity contribution in [3.05, 3.63) is 28.6 Å². The Morgan fingerprint density at radius 3 is 2.79 bits per heavy atom. The Bertz CT molecular complexity index is 535. The summed E-state index contributed by atoms with van der Waals surface area (Å²) < 4.78 is 6.06. The van der Waals surface area contributed by atoms with Crippen LogP contribution in [-0.2, 0) is 4.79 Å². The van der Waals surface area contributed by atoms with Crippen molar-refractivity contribution >= 4 is 40.3 Å². The second-order valence-corrected chi connectivity index (χ2v) is 6.26. The van der Waals surface area contributed by atoms with Gasteiger partial charge in [0, 0.05) is 19.2 Å². The first-order chi connectivity index (χ1) is 8.97. The molecule has 0 saturated carbocycles. The lowest BCUT2D eigenvalue weighted by molar-refractivity contribution is -0.122. The van der Waals surface area contributed by atoms with E-state index in [1.165, 1.54) is 11.8 Å². The van der Waals surface area contributed by atoms with Crippen molar-refractivity contribution < 1.29 is 9.21 Å². The van der Waals surface area contributed by atoms with Gasteiger partial charge in [-0.3, -0.25) is 9.69 Å². The summed E-state index contributed by atoms with van der Waals surface area (Å²) in [6, 6.07) is 3.72. The van der Waals surface area contributed by atoms with Crippen molar-refractivity contribution in [1.29, 1.82) is 0 Å². The van der Waals surface area contributed by atoms with E-state index in [-0.39, 0.29) is 5.91 Å². The Kier molecular flexibility index (Phi) is 4.44. The van der Waals surface area contributed by atoms with Gasteiger partial charge in [0.2, 0.25) is 0 Å². The second-order valence-electron chi connectivity index (χ2n) is 4.59. The lowest BCUT2D eigenvalue weighted by atomic mass is 10.3. The second kappa shape index (κ2) is 5.90. The summed E-state index contributed by atoms with van der Waals surface area (Å²) in [5, 5.41) is 0. The van der Waals surface area contributed by atoms with Gasteiger partial charge < -0.3 is 9.32 Å². The third-order valence-electron chi connectivity index (χ3n) is 2.68. The van der Waals surface area contributed by atoms with Crippen LogP contribution in [0.3, 0.4) is 0 Å². The molecule has 0 aromatic carbocycles. The number of likely N-dealkylation sites (N-methyl/N-ethyl adjacent to an activating group) is 1. The van der Waals surface area contributed by atoms with Crippen molar-refractivity contribution in [2.45, 2.75) is 6.92 Å². The topological polar surface area (TPSA) is 36.7 Å². The number of carbonyl (C=O) groups is 1. The van der Waals surface area contributed by atoms with Gasteiger partial charge in [-0.2, -0.15) is 0 Å². The summed E-state index contributed by atoms with van der Waals surface area (Å²) in [5.74, 6) is 1.48. The van der Waals surface area contributed by atoms with E-state index in [1.54, 1.807) is 11.0 Å². The van der Waals surface area contributed by atoms with Gasteiger partial charge in [-0.1, -0.05) is 24.0 Å². The van der Waals surface area contributed by atoms with Crippen LogP contribution in [0.1, 0.15) is 11.5 Å². The fraction of sp³-hybridized carbons (Fsp3) is 0.385. The highest BCUT2D eigenvalue weighted by Gasteiger charge is 2.31. The highest BCUT2D eigenvalue weighted by Crippen LogP contribution is 2.32. The van der Waals surface area contributed by atoms with E-state index in [0.717, 1.165) is 12.3 Å². The number of thioether (sulfide) groups is 1. The summed E-state index contributed by atoms with van der Waals surface area (Å²) in [6.07, 6.45) is 1.75. The lowest BCUT2D eigenvalue weighted by Crippen LogP contribution is -2.34. The first-order valence-corrected chi connectivity index (χ1v) is 7.16. The maximum absolute atomic E-state index is 12.2. The molecule has 0 N–H and O–H groups in total. The number of thiocarbonyl (C=S) groups is 1. The summed E-state index contributed by atoms with van der Waals surface area (Å²) in [5.41, 5.74) is 0. The monoisotopic (exact) mass is 296 g/mol. The van der Waals surface area contributed by atoms with Gasteiger partial charge >= 0.3 is 0 Å². The van der Waals surface area contributed by atoms with Crippen LogP contribution in [0.5, 0.6) is 0 Å². The molecule has 2 heterocycles. The Labute approximate surface area is 122 Å². The van der Waals surface area contributed by atoms with Crippen LogP contribution in [0.25, 0.3) is 6.08 Å². The number of furan rings is 1. The van der Waals surface area contributed by atoms with Gasteiger partial charge in [0.25, 0.3) is 5.91 Å². The predicted molar refractivity (Wildman–Crippen MR) is 81.9 cm³/mol. The molecule has 0 radical (unpaired) electrons. The molecule has 0 atom stereocenters. The van der Waals surface area contributed by atoms with Gasteiger partial charge in [0.15, 0.2) is 0 Å². The molecule has 0 unspecified atom stereocenters. The molecule has 1 amide bonds. The minimum Gasteiger partial charge on any atom is -0.462 e. The molecule has 1 aliphatic rings. The van der Waals surface area contributed by atoms with Crippen molar-refractivity contribution in [3.8, 4) is 0 Å². The molecule has 0 spiro atoms. The molecule has 102 valence electrons. The number of aryl methyl sites for hydroxylation is 1. The van der Waals surface area contributed by atoms with Crippen molar-refractivity contribution in [3.63, 3.8) is 0 Å². The van der Waals surface area contributed by atoms with Crippen LogP contribution in [0.15, 0.2) is 21.5 Å². The summed E-state index contributed by atoms with van der Waals surface area (Å²) in [7, 11) is 3.94. The molecule has 1 fully saturated rings. The number of hydrogen-bond donors (Lipinski definition) is 0. The maximum atomic E-state index is 12.2. The van der Waals surface area contributed by atoms with Crippen LogP contribution in [0, 0.1) is 6.92 Å². The smallest absolute Gasteiger partial charge is 0.266 e. The van der Waals surface area contributed by atoms with E-state index in [4.69, 9.17) is 16.6 Å². The van der Waals surface area contributed by atoms with Gasteiger partial charge in [-0.15, -0.1) is 0 Å². The average molecular weight is 296 g/mol. The maximum Gasteiger partial charge on any atom is 0.266 e. The summed E-state index contributed by atoms with van der Waals surface area (Å²) in [6.45, 7) is 3.28. The summed E-state index contributed by atoms with van der Waals surface area (Å²) >= 11 is 6.57. The zero-order valence-corrected chi connectivity index (χ0v) is 12.8. The normalized spacial score (nSPS) is 18.1. The van der Waals surface area contributed by atoms with E-state index >= 15 is 0 Å². The van der Waals surface area contributed by atoms with Gasteiger partial charge in [-0.25, -0.2) is 0 Å². The largest absolute Gasteiger partial charge is 0.462 e. The van der Waals surface area contributed by atoms with Crippen LogP contribution >= 0.6 is 24.0 Å². The first kappa shape index (κ1) is 14.3. The van der Waals surface area contributed by atoms with Gasteiger partial charge in [0.1, 0.15) is 15.8 Å². The van der Waals surface area contributed by atoms with Crippen LogP contribution < -0.4 is 0 Å². The molecule has 1 aliphatic heterocycles. The van der Waals surface area contributed by atoms with E-state index in [2.05, 4.69) is 0 Å². The van der Waals surface area contributed by atoms with E-state index in [9.17, 15) is 4.79 Å². The standard InChI is InChI=1S/C13H16N2O2S2/c1-9-4-5-10(17-9)8-11-12(16)15(13(18)19-11)7-6-14(2)3/h4-5,8H,6-7H2,1-3H3/b11-8+. The van der Waals surface area contributed by atoms with Crippen LogP contribution in [0.4, 0.5) is 0 Å². The van der Waals surface area contributed by atoms with Crippen molar-refractivity contribution in [1.82, 2.24) is 9.80 Å². The van der Waals surface area contributed by atoms with E-state index < -0.39 is 0 Å². The zero-order chi connectivity index (χ0) is 14.0. The number of amides is 1. The van der Waals surface area contributed by atoms with E-state index in [0.29, 0.717) is 21.5 Å². The van der Waals surface area contributed by atoms with Crippen LogP contribution in [-0.4, -0.2) is 47.2 Å². The number of nitrogens with zero attached hydrogens (tertiary/aromatic N) is 2. The highest BCUT2D eigenvalue weighted by molar-refractivity contribution is 8.26. The highest BCUT2D eigenvalue weighted by atomic mass is 32.2. The molecule has 4 nitrogen and oxygen atoms in total. The SMILES string of the molecule is Cc1ccc(/C=C2/SC(=S)N(CCN(C)C)C2=O)o1. The molecule has 1 aromatic heterocycles. The zero-order valence-electron chi connectivity index (χ0n) is 11.2.